The molecule has 0 unspecified atom stereocenters. The molecule has 2 fully saturated rings. The van der Waals surface area contributed by atoms with E-state index in [2.05, 4.69) is 34.9 Å². The second-order valence-electron chi connectivity index (χ2n) is 9.20. The number of ether oxygens (including phenoxy) is 1. The van der Waals surface area contributed by atoms with Crippen molar-refractivity contribution in [2.45, 2.75) is 44.2 Å². The Bertz CT molecular complexity index is 1050. The first-order chi connectivity index (χ1) is 15.4. The molecule has 166 valence electrons. The molecular formula is C25H26N2O5. The van der Waals surface area contributed by atoms with Crippen LogP contribution in [-0.4, -0.2) is 41.8 Å². The van der Waals surface area contributed by atoms with Crippen molar-refractivity contribution < 1.29 is 24.2 Å². The number of carbonyl (C=O) groups excluding carboxylic acids is 2. The highest BCUT2D eigenvalue weighted by molar-refractivity contribution is 5.90. The Balaban J connectivity index is 1.18. The van der Waals surface area contributed by atoms with Crippen molar-refractivity contribution in [2.75, 3.05) is 6.61 Å². The molecule has 4 atom stereocenters. The Morgan fingerprint density at radius 1 is 1.06 bits per heavy atom. The van der Waals surface area contributed by atoms with Gasteiger partial charge in [-0.05, 0) is 54.4 Å². The van der Waals surface area contributed by atoms with Crippen LogP contribution in [-0.2, 0) is 14.3 Å². The fraction of sp³-hybridized carbons (Fsp3) is 0.400. The molecule has 7 nitrogen and oxygen atoms in total. The van der Waals surface area contributed by atoms with E-state index in [1.165, 1.54) is 18.1 Å². The number of nitrogens with one attached hydrogen (secondary N) is 2. The molecule has 2 aromatic carbocycles. The van der Waals surface area contributed by atoms with Gasteiger partial charge in [-0.3, -0.25) is 9.59 Å². The van der Waals surface area contributed by atoms with Gasteiger partial charge in [-0.15, -0.1) is 0 Å². The second kappa shape index (κ2) is 7.65. The minimum Gasteiger partial charge on any atom is -0.480 e. The number of aliphatic carboxylic acids is 1. The summed E-state index contributed by atoms with van der Waals surface area (Å²) in [6.07, 6.45) is 1.49. The van der Waals surface area contributed by atoms with E-state index >= 15 is 0 Å². The number of fused-ring (bicyclic) bond motifs is 4. The van der Waals surface area contributed by atoms with E-state index in [9.17, 15) is 14.4 Å². The lowest BCUT2D eigenvalue weighted by Gasteiger charge is -2.20. The van der Waals surface area contributed by atoms with E-state index in [1.807, 2.05) is 24.3 Å². The lowest BCUT2D eigenvalue weighted by atomic mass is 9.98. The molecule has 7 heteroatoms. The smallest absolute Gasteiger partial charge is 0.407 e. The van der Waals surface area contributed by atoms with Gasteiger partial charge in [-0.25, -0.2) is 4.79 Å². The van der Waals surface area contributed by atoms with Crippen LogP contribution in [0.5, 0.6) is 0 Å². The number of carboxylic acid groups (broad SMARTS) is 1. The predicted molar refractivity (Wildman–Crippen MR) is 117 cm³/mol. The number of amides is 2. The zero-order chi connectivity index (χ0) is 22.5. The van der Waals surface area contributed by atoms with E-state index < -0.39 is 23.5 Å². The van der Waals surface area contributed by atoms with E-state index in [1.54, 1.807) is 0 Å². The number of rotatable bonds is 6. The van der Waals surface area contributed by atoms with Gasteiger partial charge in [0, 0.05) is 12.0 Å². The summed E-state index contributed by atoms with van der Waals surface area (Å²) >= 11 is 0. The second-order valence-corrected chi connectivity index (χ2v) is 9.20. The number of carboxylic acids is 1. The van der Waals surface area contributed by atoms with Crippen LogP contribution in [0.4, 0.5) is 4.79 Å². The van der Waals surface area contributed by atoms with Crippen LogP contribution in [0.3, 0.4) is 0 Å². The monoisotopic (exact) mass is 434 g/mol. The normalized spacial score (nSPS) is 25.8. The standard InChI is InChI=1S/C25H26N2O5/c1-14(22(28)29)26-23(30)25-11-15(25)10-16(12-25)27-24(31)32-13-21-19-8-4-2-6-17(19)18-7-3-5-9-20(18)21/h2-9,14-16,21H,10-13H2,1H3,(H,26,30)(H,27,31)(H,28,29)/t14-,15+,16-,25-/m0/s1. The van der Waals surface area contributed by atoms with Gasteiger partial charge >= 0.3 is 12.1 Å². The van der Waals surface area contributed by atoms with Crippen LogP contribution in [0.2, 0.25) is 0 Å². The summed E-state index contributed by atoms with van der Waals surface area (Å²) < 4.78 is 5.61. The maximum atomic E-state index is 12.6. The summed E-state index contributed by atoms with van der Waals surface area (Å²) in [5.41, 5.74) is 4.12. The lowest BCUT2D eigenvalue weighted by Crippen LogP contribution is -2.43. The molecule has 0 aliphatic heterocycles. The molecule has 0 aromatic heterocycles. The summed E-state index contributed by atoms with van der Waals surface area (Å²) in [5, 5.41) is 14.5. The maximum absolute atomic E-state index is 12.6. The van der Waals surface area contributed by atoms with Gasteiger partial charge in [0.2, 0.25) is 5.91 Å². The SMILES string of the molecule is C[C@H](NC(=O)[C@@]12C[C@@H](NC(=O)OCC3c4ccccc4-c4ccccc43)C[C@@H]1C2)C(=O)O. The van der Waals surface area contributed by atoms with Gasteiger partial charge in [0.15, 0.2) is 0 Å². The Labute approximate surface area is 186 Å². The highest BCUT2D eigenvalue weighted by Crippen LogP contribution is 2.63. The molecule has 5 rings (SSSR count). The first kappa shape index (κ1) is 20.5. The summed E-state index contributed by atoms with van der Waals surface area (Å²) in [7, 11) is 0. The van der Waals surface area contributed by atoms with Gasteiger partial charge in [0.1, 0.15) is 12.6 Å². The molecule has 2 saturated carbocycles. The molecule has 0 radical (unpaired) electrons. The van der Waals surface area contributed by atoms with Crippen molar-refractivity contribution in [3.8, 4) is 11.1 Å². The third kappa shape index (κ3) is 3.42. The number of alkyl carbamates (subject to hydrolysis) is 1. The van der Waals surface area contributed by atoms with Crippen LogP contribution in [0.15, 0.2) is 48.5 Å². The lowest BCUT2D eigenvalue weighted by molar-refractivity contribution is -0.142. The van der Waals surface area contributed by atoms with Gasteiger partial charge in [-0.1, -0.05) is 48.5 Å². The third-order valence-corrected chi connectivity index (χ3v) is 7.25. The topological polar surface area (TPSA) is 105 Å². The average molecular weight is 434 g/mol. The molecular weight excluding hydrogens is 408 g/mol. The first-order valence-corrected chi connectivity index (χ1v) is 11.0. The van der Waals surface area contributed by atoms with Crippen LogP contribution >= 0.6 is 0 Å². The van der Waals surface area contributed by atoms with Gasteiger partial charge < -0.3 is 20.5 Å². The number of benzene rings is 2. The Morgan fingerprint density at radius 2 is 1.69 bits per heavy atom. The van der Waals surface area contributed by atoms with Crippen molar-refractivity contribution in [3.05, 3.63) is 59.7 Å². The summed E-state index contributed by atoms with van der Waals surface area (Å²) in [5.74, 6) is -1.10. The van der Waals surface area contributed by atoms with Crippen LogP contribution < -0.4 is 10.6 Å². The van der Waals surface area contributed by atoms with Crippen molar-refractivity contribution in [1.29, 1.82) is 0 Å². The van der Waals surface area contributed by atoms with E-state index in [4.69, 9.17) is 9.84 Å². The minimum atomic E-state index is -1.06. The number of hydrogen-bond donors (Lipinski definition) is 3. The highest BCUT2D eigenvalue weighted by Gasteiger charge is 2.65. The van der Waals surface area contributed by atoms with E-state index in [0.29, 0.717) is 12.8 Å². The Hall–Kier alpha value is -3.35. The van der Waals surface area contributed by atoms with E-state index in [0.717, 1.165) is 17.5 Å². The molecule has 0 saturated heterocycles. The van der Waals surface area contributed by atoms with Crippen molar-refractivity contribution in [2.24, 2.45) is 11.3 Å². The molecule has 32 heavy (non-hydrogen) atoms. The van der Waals surface area contributed by atoms with Crippen LogP contribution in [0, 0.1) is 11.3 Å². The van der Waals surface area contributed by atoms with E-state index in [-0.39, 0.29) is 30.4 Å². The predicted octanol–water partition coefficient (Wildman–Crippen LogP) is 3.28. The van der Waals surface area contributed by atoms with Crippen LogP contribution in [0.1, 0.15) is 43.2 Å². The molecule has 0 spiro atoms. The zero-order valence-electron chi connectivity index (χ0n) is 17.8. The molecule has 2 aromatic rings. The van der Waals surface area contributed by atoms with Gasteiger partial charge in [-0.2, -0.15) is 0 Å². The van der Waals surface area contributed by atoms with Gasteiger partial charge in [0.25, 0.3) is 0 Å². The molecule has 2 amide bonds. The maximum Gasteiger partial charge on any atom is 0.407 e. The van der Waals surface area contributed by atoms with Crippen molar-refractivity contribution in [1.82, 2.24) is 10.6 Å². The quantitative estimate of drug-likeness (QED) is 0.647. The summed E-state index contributed by atoms with van der Waals surface area (Å²) in [6.45, 7) is 1.70. The highest BCUT2D eigenvalue weighted by atomic mass is 16.5. The molecule has 0 bridgehead atoms. The Morgan fingerprint density at radius 3 is 2.31 bits per heavy atom. The molecule has 0 heterocycles. The summed E-state index contributed by atoms with van der Waals surface area (Å²) in [6, 6.07) is 15.3. The minimum absolute atomic E-state index is 0.000225. The fourth-order valence-electron chi connectivity index (χ4n) is 5.50. The fourth-order valence-corrected chi connectivity index (χ4v) is 5.50. The number of hydrogen-bond acceptors (Lipinski definition) is 4. The van der Waals surface area contributed by atoms with Crippen LogP contribution in [0.25, 0.3) is 11.1 Å². The Kier molecular flexibility index (Phi) is 4.92. The number of carbonyl (C=O) groups is 3. The van der Waals surface area contributed by atoms with Crippen molar-refractivity contribution in [3.63, 3.8) is 0 Å². The van der Waals surface area contributed by atoms with Gasteiger partial charge in [0.05, 0.1) is 5.41 Å². The molecule has 3 aliphatic rings. The third-order valence-electron chi connectivity index (χ3n) is 7.25. The first-order valence-electron chi connectivity index (χ1n) is 11.0. The average Bonchev–Trinajstić information content (AvgIpc) is 3.21. The molecule has 3 aliphatic carbocycles. The molecule has 3 N–H and O–H groups in total. The largest absolute Gasteiger partial charge is 0.480 e. The zero-order valence-corrected chi connectivity index (χ0v) is 17.8. The summed E-state index contributed by atoms with van der Waals surface area (Å²) in [4.78, 5) is 36.1. The van der Waals surface area contributed by atoms with Crippen molar-refractivity contribution >= 4 is 18.0 Å².